The van der Waals surface area contributed by atoms with E-state index in [9.17, 15) is 4.79 Å². The molecule has 0 atom stereocenters. The number of nitrogens with zero attached hydrogens (tertiary/aromatic N) is 3. The highest BCUT2D eigenvalue weighted by Crippen LogP contribution is 2.28. The second kappa shape index (κ2) is 8.76. The zero-order valence-electron chi connectivity index (χ0n) is 17.7. The molecule has 1 aromatic heterocycles. The molecule has 3 rings (SSSR count). The van der Waals surface area contributed by atoms with Crippen LogP contribution < -0.4 is 4.90 Å². The number of carbonyl (C=O) groups is 1. The summed E-state index contributed by atoms with van der Waals surface area (Å²) in [6, 6.07) is 10.4. The molecule has 1 saturated heterocycles. The lowest BCUT2D eigenvalue weighted by Gasteiger charge is -2.33. The van der Waals surface area contributed by atoms with Gasteiger partial charge in [-0.25, -0.2) is 4.68 Å². The quantitative estimate of drug-likeness (QED) is 0.621. The largest absolute Gasteiger partial charge is 0.371 e. The highest BCUT2D eigenvalue weighted by Gasteiger charge is 2.26. The number of piperidine rings is 1. The normalized spacial score (nSPS) is 16.4. The van der Waals surface area contributed by atoms with E-state index in [0.29, 0.717) is 5.70 Å². The van der Waals surface area contributed by atoms with Gasteiger partial charge in [0.15, 0.2) is 5.78 Å². The van der Waals surface area contributed by atoms with Gasteiger partial charge >= 0.3 is 0 Å². The Balaban J connectivity index is 1.84. The molecular formula is C24H33N3O. The van der Waals surface area contributed by atoms with Gasteiger partial charge in [-0.1, -0.05) is 52.7 Å². The van der Waals surface area contributed by atoms with Gasteiger partial charge in [0.2, 0.25) is 0 Å². The molecule has 28 heavy (non-hydrogen) atoms. The van der Waals surface area contributed by atoms with Crippen molar-refractivity contribution in [3.63, 3.8) is 0 Å². The van der Waals surface area contributed by atoms with E-state index < -0.39 is 5.41 Å². The molecule has 1 fully saturated rings. The van der Waals surface area contributed by atoms with Crippen LogP contribution in [0.1, 0.15) is 58.9 Å². The summed E-state index contributed by atoms with van der Waals surface area (Å²) in [6.07, 6.45) is 10.7. The number of hydrogen-bond acceptors (Lipinski definition) is 3. The maximum atomic E-state index is 13.0. The minimum Gasteiger partial charge on any atom is -0.371 e. The molecule has 0 unspecified atom stereocenters. The number of allylic oxidation sites excluding steroid dienone is 1. The minimum absolute atomic E-state index is 0.0852. The van der Waals surface area contributed by atoms with Crippen LogP contribution in [0.15, 0.2) is 42.7 Å². The fraction of sp³-hybridized carbons (Fsp3) is 0.500. The first kappa shape index (κ1) is 20.4. The number of aromatic nitrogens is 2. The van der Waals surface area contributed by atoms with Crippen LogP contribution in [0.2, 0.25) is 0 Å². The Kier molecular flexibility index (Phi) is 6.38. The van der Waals surface area contributed by atoms with Crippen molar-refractivity contribution in [2.45, 2.75) is 53.4 Å². The topological polar surface area (TPSA) is 38.1 Å². The van der Waals surface area contributed by atoms with Gasteiger partial charge in [0.1, 0.15) is 5.70 Å². The number of rotatable bonds is 6. The Hall–Kier alpha value is -2.36. The molecular weight excluding hydrogens is 346 g/mol. The van der Waals surface area contributed by atoms with Crippen molar-refractivity contribution >= 4 is 23.2 Å². The monoisotopic (exact) mass is 379 g/mol. The van der Waals surface area contributed by atoms with Crippen molar-refractivity contribution in [2.24, 2.45) is 11.3 Å². The van der Waals surface area contributed by atoms with E-state index in [1.807, 2.05) is 39.1 Å². The second-order valence-electron chi connectivity index (χ2n) is 8.87. The molecule has 0 bridgehead atoms. The van der Waals surface area contributed by atoms with Crippen molar-refractivity contribution < 1.29 is 4.79 Å². The molecule has 0 spiro atoms. The first-order valence-electron chi connectivity index (χ1n) is 10.5. The molecule has 2 aromatic rings. The lowest BCUT2D eigenvalue weighted by Crippen LogP contribution is -2.33. The summed E-state index contributed by atoms with van der Waals surface area (Å²) in [5, 5.41) is 4.30. The maximum absolute atomic E-state index is 13.0. The summed E-state index contributed by atoms with van der Waals surface area (Å²) < 4.78 is 1.68. The Morgan fingerprint density at radius 2 is 1.96 bits per heavy atom. The van der Waals surface area contributed by atoms with E-state index in [4.69, 9.17) is 0 Å². The third-order valence-electron chi connectivity index (χ3n) is 5.52. The number of ketones is 1. The highest BCUT2D eigenvalue weighted by atomic mass is 16.1. The number of carbonyl (C=O) groups excluding carboxylic acids is 1. The van der Waals surface area contributed by atoms with Crippen LogP contribution in [0.4, 0.5) is 5.69 Å². The first-order valence-corrected chi connectivity index (χ1v) is 10.5. The molecule has 2 heterocycles. The SMILES string of the molecule is CCCC1CCN(c2cccc(/C=C(/C(=O)C(C)(C)C)n3cccn3)c2)CC1. The van der Waals surface area contributed by atoms with Crippen LogP contribution in [-0.2, 0) is 4.79 Å². The Labute approximate surface area is 169 Å². The maximum Gasteiger partial charge on any atom is 0.186 e. The molecule has 0 amide bonds. The lowest BCUT2D eigenvalue weighted by molar-refractivity contribution is -0.120. The van der Waals surface area contributed by atoms with Gasteiger partial charge in [-0.2, -0.15) is 5.10 Å². The fourth-order valence-corrected chi connectivity index (χ4v) is 3.89. The van der Waals surface area contributed by atoms with Gasteiger partial charge in [-0.05, 0) is 48.6 Å². The third-order valence-corrected chi connectivity index (χ3v) is 5.52. The van der Waals surface area contributed by atoms with Crippen molar-refractivity contribution in [2.75, 3.05) is 18.0 Å². The molecule has 4 nitrogen and oxygen atoms in total. The number of Topliss-reactive ketones (excluding diaryl/α,β-unsaturated/α-hetero) is 1. The van der Waals surface area contributed by atoms with E-state index in [1.165, 1.54) is 31.4 Å². The molecule has 0 saturated carbocycles. The molecule has 0 N–H and O–H groups in total. The third kappa shape index (κ3) is 4.92. The molecule has 1 aromatic carbocycles. The summed E-state index contributed by atoms with van der Waals surface area (Å²) in [5.74, 6) is 0.960. The smallest absolute Gasteiger partial charge is 0.186 e. The van der Waals surface area contributed by atoms with Crippen molar-refractivity contribution in [1.29, 1.82) is 0 Å². The first-order chi connectivity index (χ1) is 13.4. The average Bonchev–Trinajstić information content (AvgIpc) is 3.20. The molecule has 150 valence electrons. The van der Waals surface area contributed by atoms with Crippen LogP contribution in [0, 0.1) is 11.3 Å². The predicted octanol–water partition coefficient (Wildman–Crippen LogP) is 5.51. The van der Waals surface area contributed by atoms with E-state index in [2.05, 4.69) is 41.2 Å². The number of anilines is 1. The fourth-order valence-electron chi connectivity index (χ4n) is 3.89. The molecule has 1 aliphatic rings. The Morgan fingerprint density at radius 1 is 1.21 bits per heavy atom. The molecule has 0 radical (unpaired) electrons. The Bertz CT molecular complexity index is 807. The van der Waals surface area contributed by atoms with Crippen molar-refractivity contribution in [3.8, 4) is 0 Å². The minimum atomic E-state index is -0.462. The Morgan fingerprint density at radius 3 is 2.57 bits per heavy atom. The molecule has 4 heteroatoms. The second-order valence-corrected chi connectivity index (χ2v) is 8.87. The standard InChI is InChI=1S/C24H33N3O/c1-5-8-19-11-15-26(16-12-19)21-10-6-9-20(17-21)18-22(23(28)24(2,3)4)27-14-7-13-25-27/h6-7,9-10,13-14,17-19H,5,8,11-12,15-16H2,1-4H3/b22-18-. The van der Waals surface area contributed by atoms with E-state index in [1.54, 1.807) is 10.9 Å². The van der Waals surface area contributed by atoms with Gasteiger partial charge in [0.25, 0.3) is 0 Å². The van der Waals surface area contributed by atoms with Crippen molar-refractivity contribution in [3.05, 3.63) is 48.3 Å². The van der Waals surface area contributed by atoms with Crippen molar-refractivity contribution in [1.82, 2.24) is 9.78 Å². The van der Waals surface area contributed by atoms with E-state index >= 15 is 0 Å². The zero-order chi connectivity index (χ0) is 20.1. The van der Waals surface area contributed by atoms with Gasteiger partial charge in [-0.15, -0.1) is 0 Å². The van der Waals surface area contributed by atoms with Crippen LogP contribution in [-0.4, -0.2) is 28.7 Å². The predicted molar refractivity (Wildman–Crippen MR) is 117 cm³/mol. The number of benzene rings is 1. The van der Waals surface area contributed by atoms with Crippen LogP contribution in [0.5, 0.6) is 0 Å². The summed E-state index contributed by atoms with van der Waals surface area (Å²) >= 11 is 0. The van der Waals surface area contributed by atoms with Crippen LogP contribution in [0.3, 0.4) is 0 Å². The van der Waals surface area contributed by atoms with Crippen LogP contribution >= 0.6 is 0 Å². The van der Waals surface area contributed by atoms with E-state index in [-0.39, 0.29) is 5.78 Å². The number of hydrogen-bond donors (Lipinski definition) is 0. The summed E-state index contributed by atoms with van der Waals surface area (Å²) in [4.78, 5) is 15.5. The summed E-state index contributed by atoms with van der Waals surface area (Å²) in [5.41, 5.74) is 2.43. The average molecular weight is 380 g/mol. The van der Waals surface area contributed by atoms with E-state index in [0.717, 1.165) is 24.6 Å². The van der Waals surface area contributed by atoms with Gasteiger partial charge in [-0.3, -0.25) is 4.79 Å². The molecule has 0 aliphatic carbocycles. The summed E-state index contributed by atoms with van der Waals surface area (Å²) in [7, 11) is 0. The zero-order valence-corrected chi connectivity index (χ0v) is 17.7. The van der Waals surface area contributed by atoms with Crippen LogP contribution in [0.25, 0.3) is 11.8 Å². The molecule has 1 aliphatic heterocycles. The van der Waals surface area contributed by atoms with Gasteiger partial charge < -0.3 is 4.90 Å². The van der Waals surface area contributed by atoms with Gasteiger partial charge in [0.05, 0.1) is 0 Å². The summed E-state index contributed by atoms with van der Waals surface area (Å²) in [6.45, 7) is 10.4. The highest BCUT2D eigenvalue weighted by molar-refractivity contribution is 6.21. The van der Waals surface area contributed by atoms with Gasteiger partial charge in [0, 0.05) is 36.6 Å². The lowest BCUT2D eigenvalue weighted by atomic mass is 9.88.